The first-order chi connectivity index (χ1) is 2.00. The van der Waals surface area contributed by atoms with Crippen molar-refractivity contribution in [3.05, 3.63) is 11.2 Å². The third kappa shape index (κ3) is 1.67. The van der Waals surface area contributed by atoms with Crippen LogP contribution in [0.2, 0.25) is 0 Å². The average Bonchev–Trinajstić information content (AvgIpc) is 0.722. The molecule has 0 saturated heterocycles. The number of hydrogen-bond acceptors (Lipinski definition) is 1. The van der Waals surface area contributed by atoms with E-state index in [1.165, 1.54) is 0 Å². The van der Waals surface area contributed by atoms with E-state index in [4.69, 9.17) is 0 Å². The van der Waals surface area contributed by atoms with Crippen molar-refractivity contribution in [2.45, 2.75) is 0 Å². The van der Waals surface area contributed by atoms with Gasteiger partial charge in [0.25, 0.3) is 0 Å². The molecule has 1 nitrogen and oxygen atoms in total. The Bertz CT molecular complexity index is 38.9. The molecular formula is C2H3AlMgO. The fourth-order valence-corrected chi connectivity index (χ4v) is 0.289. The summed E-state index contributed by atoms with van der Waals surface area (Å²) in [5, 5.41) is 0. The standard InChI is InChI=1S/C2H3O.Al.Mg.H/c1-2-3;;;/h1-3H;;;/q;+1;;/p-1. The Kier molecular flexibility index (Phi) is 3.56. The predicted octanol–water partition coefficient (Wildman–Crippen LogP) is -0.542. The zero-order valence-corrected chi connectivity index (χ0v) is 5.81. The molecule has 0 fully saturated rings. The van der Waals surface area contributed by atoms with Crippen molar-refractivity contribution in [3.63, 3.8) is 0 Å². The molecule has 22 valence electrons. The minimum Gasteiger partial charge on any atom is -0.649 e. The van der Waals surface area contributed by atoms with Gasteiger partial charge < -0.3 is 3.79 Å². The van der Waals surface area contributed by atoms with Crippen molar-refractivity contribution in [1.29, 1.82) is 0 Å². The van der Waals surface area contributed by atoms with Crippen molar-refractivity contribution in [2.24, 2.45) is 0 Å². The van der Waals surface area contributed by atoms with Gasteiger partial charge in [-0.1, -0.05) is 4.94 Å². The molecule has 0 aliphatic carbocycles. The van der Waals surface area contributed by atoms with Gasteiger partial charge in [-0.25, -0.2) is 0 Å². The van der Waals surface area contributed by atoms with Gasteiger partial charge >= 0.3 is 15.6 Å². The molecule has 1 rings (SSSR count). The highest BCUT2D eigenvalue weighted by Gasteiger charge is 1.91. The average molecular weight is 94.3 g/mol. The van der Waals surface area contributed by atoms with Gasteiger partial charge in [-0.2, -0.15) is 0 Å². The van der Waals surface area contributed by atoms with Crippen LogP contribution in [0.1, 0.15) is 0 Å². The molecule has 5 heavy (non-hydrogen) atoms. The lowest BCUT2D eigenvalue weighted by molar-refractivity contribution is 0.496. The van der Waals surface area contributed by atoms with Crippen molar-refractivity contribution in [2.75, 3.05) is 0 Å². The van der Waals surface area contributed by atoms with Crippen molar-refractivity contribution in [1.82, 2.24) is 0 Å². The molecule has 0 atom stereocenters. The summed E-state index contributed by atoms with van der Waals surface area (Å²) in [6.07, 6.45) is 1.74. The van der Waals surface area contributed by atoms with Crippen molar-refractivity contribution in [3.8, 4) is 0 Å². The van der Waals surface area contributed by atoms with E-state index in [9.17, 15) is 0 Å². The smallest absolute Gasteiger partial charge is 0.558 e. The van der Waals surface area contributed by atoms with E-state index >= 15 is 0 Å². The van der Waals surface area contributed by atoms with Gasteiger partial charge in [0, 0.05) is 29.3 Å². The van der Waals surface area contributed by atoms with Crippen LogP contribution in [0.25, 0.3) is 0 Å². The van der Waals surface area contributed by atoms with Crippen LogP contribution in [-0.2, 0) is 3.79 Å². The Labute approximate surface area is 53.6 Å². The molecule has 0 saturated carbocycles. The summed E-state index contributed by atoms with van der Waals surface area (Å²) >= 11 is -0.0756. The van der Waals surface area contributed by atoms with E-state index < -0.39 is 0 Å². The van der Waals surface area contributed by atoms with E-state index in [1.807, 2.05) is 0 Å². The maximum atomic E-state index is 4.68. The SMILES string of the molecule is C1=[CH][AlH][O]1.[Mg]. The lowest BCUT2D eigenvalue weighted by Crippen LogP contribution is -1.95. The van der Waals surface area contributed by atoms with Crippen molar-refractivity contribution < 1.29 is 3.79 Å². The zero-order valence-electron chi connectivity index (χ0n) is 2.98. The quantitative estimate of drug-likeness (QED) is 0.366. The van der Waals surface area contributed by atoms with E-state index in [1.54, 1.807) is 6.26 Å². The van der Waals surface area contributed by atoms with Gasteiger partial charge in [0.1, 0.15) is 0 Å². The third-order valence-electron chi connectivity index (χ3n) is 0.385. The summed E-state index contributed by atoms with van der Waals surface area (Å²) in [6.45, 7) is 0. The molecule has 0 bridgehead atoms. The molecule has 0 aromatic heterocycles. The van der Waals surface area contributed by atoms with Crippen LogP contribution in [0.3, 0.4) is 0 Å². The normalized spacial score (nSPS) is 12.8. The first-order valence-electron chi connectivity index (χ1n) is 1.27. The largest absolute Gasteiger partial charge is 0.649 e. The summed E-state index contributed by atoms with van der Waals surface area (Å²) in [5.41, 5.74) is 0. The monoisotopic (exact) mass is 94.0 g/mol. The van der Waals surface area contributed by atoms with Gasteiger partial charge in [0.15, 0.2) is 0 Å². The Balaban J connectivity index is 0.000000160. The molecule has 1 aliphatic heterocycles. The first kappa shape index (κ1) is 5.84. The summed E-state index contributed by atoms with van der Waals surface area (Å²) in [4.78, 5) is 2.10. The maximum absolute atomic E-state index is 4.68. The van der Waals surface area contributed by atoms with Crippen LogP contribution in [-0.4, -0.2) is 38.6 Å². The first-order valence-corrected chi connectivity index (χ1v) is 2.66. The van der Waals surface area contributed by atoms with Crippen LogP contribution in [0, 0.1) is 0 Å². The molecular weight excluding hydrogens is 91.3 g/mol. The van der Waals surface area contributed by atoms with Crippen LogP contribution >= 0.6 is 0 Å². The molecule has 0 N–H and O–H groups in total. The van der Waals surface area contributed by atoms with Crippen LogP contribution in [0.15, 0.2) is 11.2 Å². The fourth-order valence-electron chi connectivity index (χ4n) is 0.0962. The van der Waals surface area contributed by atoms with Crippen LogP contribution < -0.4 is 0 Å². The van der Waals surface area contributed by atoms with Crippen LogP contribution in [0.5, 0.6) is 0 Å². The lowest BCUT2D eigenvalue weighted by Gasteiger charge is -1.98. The van der Waals surface area contributed by atoms with Gasteiger partial charge in [-0.3, -0.25) is 0 Å². The molecule has 0 aromatic carbocycles. The van der Waals surface area contributed by atoms with Gasteiger partial charge in [0.2, 0.25) is 0 Å². The lowest BCUT2D eigenvalue weighted by atomic mass is 11.2. The summed E-state index contributed by atoms with van der Waals surface area (Å²) < 4.78 is 4.68. The molecule has 3 heteroatoms. The van der Waals surface area contributed by atoms with Gasteiger partial charge in [-0.15, -0.1) is 0 Å². The van der Waals surface area contributed by atoms with E-state index in [0.29, 0.717) is 0 Å². The minimum absolute atomic E-state index is 0. The fraction of sp³-hybridized carbons (Fsp3) is 0. The molecule has 0 aromatic rings. The second-order valence-electron chi connectivity index (χ2n) is 0.705. The summed E-state index contributed by atoms with van der Waals surface area (Å²) in [5.74, 6) is 0. The molecule has 0 unspecified atom stereocenters. The molecule has 2 radical (unpaired) electrons. The Morgan fingerprint density at radius 3 is 1.80 bits per heavy atom. The topological polar surface area (TPSA) is 9.23 Å². The van der Waals surface area contributed by atoms with Crippen LogP contribution in [0.4, 0.5) is 0 Å². The number of rotatable bonds is 0. The van der Waals surface area contributed by atoms with E-state index in [2.05, 4.69) is 8.73 Å². The second-order valence-corrected chi connectivity index (χ2v) is 1.84. The molecule has 0 amide bonds. The highest BCUT2D eigenvalue weighted by Crippen LogP contribution is 1.83. The summed E-state index contributed by atoms with van der Waals surface area (Å²) in [7, 11) is 0. The number of hydrogen-bond donors (Lipinski definition) is 0. The Hall–Kier alpha value is 0.839. The Morgan fingerprint density at radius 1 is 1.60 bits per heavy atom. The molecule has 0 spiro atoms. The summed E-state index contributed by atoms with van der Waals surface area (Å²) in [6, 6.07) is 0. The molecule has 1 heterocycles. The Morgan fingerprint density at radius 2 is 1.80 bits per heavy atom. The third-order valence-corrected chi connectivity index (χ3v) is 1.15. The maximum Gasteiger partial charge on any atom is 0.558 e. The van der Waals surface area contributed by atoms with E-state index in [0.717, 1.165) is 0 Å². The van der Waals surface area contributed by atoms with Gasteiger partial charge in [-0.05, 0) is 0 Å². The second kappa shape index (κ2) is 3.05. The minimum atomic E-state index is -0.0756. The highest BCUT2D eigenvalue weighted by molar-refractivity contribution is 6.37. The van der Waals surface area contributed by atoms with Gasteiger partial charge in [0.05, 0.1) is 0 Å². The predicted molar refractivity (Wildman–Crippen MR) is 23.1 cm³/mol. The molecule has 1 aliphatic rings. The zero-order chi connectivity index (χ0) is 2.83. The van der Waals surface area contributed by atoms with Crippen molar-refractivity contribution >= 4 is 38.6 Å². The van der Waals surface area contributed by atoms with E-state index in [-0.39, 0.29) is 38.6 Å². The highest BCUT2D eigenvalue weighted by atomic mass is 27.1.